The molecule has 1 rings (SSSR count). The summed E-state index contributed by atoms with van der Waals surface area (Å²) in [5.41, 5.74) is 0.277. The Bertz CT molecular complexity index is 348. The van der Waals surface area contributed by atoms with Gasteiger partial charge in [0.25, 0.3) is 0 Å². The molecule has 0 aromatic heterocycles. The van der Waals surface area contributed by atoms with Crippen LogP contribution in [-0.4, -0.2) is 19.2 Å². The third-order valence-electron chi connectivity index (χ3n) is 3.99. The van der Waals surface area contributed by atoms with Gasteiger partial charge in [0.2, 0.25) is 0 Å². The minimum atomic E-state index is 0.277. The van der Waals surface area contributed by atoms with Crippen molar-refractivity contribution < 1.29 is 4.74 Å². The van der Waals surface area contributed by atoms with E-state index in [0.717, 1.165) is 25.3 Å². The van der Waals surface area contributed by atoms with Crippen LogP contribution >= 0.6 is 0 Å². The van der Waals surface area contributed by atoms with Crippen LogP contribution < -0.4 is 10.1 Å². The highest BCUT2D eigenvalue weighted by atomic mass is 16.5. The Kier molecular flexibility index (Phi) is 6.36. The second-order valence-electron chi connectivity index (χ2n) is 6.26. The molecule has 0 heterocycles. The van der Waals surface area contributed by atoms with E-state index in [-0.39, 0.29) is 5.41 Å². The molecule has 0 saturated carbocycles. The SMILES string of the molecule is CC(C)NCC(C)(CCOc1ccccc1)C(C)C. The van der Waals surface area contributed by atoms with Crippen molar-refractivity contribution in [2.75, 3.05) is 13.2 Å². The highest BCUT2D eigenvalue weighted by molar-refractivity contribution is 5.20. The normalized spacial score (nSPS) is 14.7. The summed E-state index contributed by atoms with van der Waals surface area (Å²) in [6, 6.07) is 10.6. The van der Waals surface area contributed by atoms with E-state index >= 15 is 0 Å². The molecule has 19 heavy (non-hydrogen) atoms. The largest absolute Gasteiger partial charge is 0.494 e. The predicted octanol–water partition coefficient (Wildman–Crippen LogP) is 4.12. The average Bonchev–Trinajstić information content (AvgIpc) is 2.37. The third-order valence-corrected chi connectivity index (χ3v) is 3.99. The Morgan fingerprint density at radius 3 is 2.26 bits per heavy atom. The molecule has 2 heteroatoms. The van der Waals surface area contributed by atoms with Crippen molar-refractivity contribution in [3.63, 3.8) is 0 Å². The Balaban J connectivity index is 2.45. The average molecular weight is 263 g/mol. The van der Waals surface area contributed by atoms with Crippen LogP contribution in [0.5, 0.6) is 5.75 Å². The molecule has 2 nitrogen and oxygen atoms in total. The van der Waals surface area contributed by atoms with Gasteiger partial charge in [-0.2, -0.15) is 0 Å². The summed E-state index contributed by atoms with van der Waals surface area (Å²) in [5, 5.41) is 3.56. The lowest BCUT2D eigenvalue weighted by molar-refractivity contribution is 0.147. The lowest BCUT2D eigenvalue weighted by Gasteiger charge is -2.35. The number of para-hydroxylation sites is 1. The van der Waals surface area contributed by atoms with Gasteiger partial charge in [-0.25, -0.2) is 0 Å². The third kappa shape index (κ3) is 5.65. The molecule has 0 spiro atoms. The molecule has 1 aromatic carbocycles. The zero-order chi connectivity index (χ0) is 14.3. The number of benzene rings is 1. The quantitative estimate of drug-likeness (QED) is 0.762. The van der Waals surface area contributed by atoms with E-state index in [4.69, 9.17) is 4.74 Å². The Morgan fingerprint density at radius 1 is 1.11 bits per heavy atom. The maximum absolute atomic E-state index is 5.83. The molecule has 0 aliphatic rings. The lowest BCUT2D eigenvalue weighted by atomic mass is 9.76. The molecule has 1 atom stereocenters. The zero-order valence-corrected chi connectivity index (χ0v) is 13.1. The first kappa shape index (κ1) is 16.0. The van der Waals surface area contributed by atoms with Crippen LogP contribution in [0.1, 0.15) is 41.0 Å². The minimum Gasteiger partial charge on any atom is -0.494 e. The molecule has 0 radical (unpaired) electrons. The maximum Gasteiger partial charge on any atom is 0.119 e. The van der Waals surface area contributed by atoms with Gasteiger partial charge in [0.1, 0.15) is 5.75 Å². The van der Waals surface area contributed by atoms with Gasteiger partial charge in [-0.05, 0) is 29.9 Å². The van der Waals surface area contributed by atoms with Gasteiger partial charge >= 0.3 is 0 Å². The van der Waals surface area contributed by atoms with E-state index in [1.165, 1.54) is 0 Å². The highest BCUT2D eigenvalue weighted by Gasteiger charge is 2.28. The van der Waals surface area contributed by atoms with Crippen LogP contribution in [0.3, 0.4) is 0 Å². The lowest BCUT2D eigenvalue weighted by Crippen LogP contribution is -2.40. The number of hydrogen-bond acceptors (Lipinski definition) is 2. The monoisotopic (exact) mass is 263 g/mol. The fourth-order valence-corrected chi connectivity index (χ4v) is 1.94. The number of ether oxygens (including phenoxy) is 1. The molecule has 0 fully saturated rings. The van der Waals surface area contributed by atoms with Gasteiger partial charge in [0.15, 0.2) is 0 Å². The number of hydrogen-bond donors (Lipinski definition) is 1. The van der Waals surface area contributed by atoms with Crippen LogP contribution in [-0.2, 0) is 0 Å². The van der Waals surface area contributed by atoms with Gasteiger partial charge in [0, 0.05) is 12.6 Å². The molecule has 0 aliphatic carbocycles. The first-order valence-electron chi connectivity index (χ1n) is 7.35. The predicted molar refractivity (Wildman–Crippen MR) is 82.6 cm³/mol. The molecule has 0 aliphatic heterocycles. The van der Waals surface area contributed by atoms with Gasteiger partial charge < -0.3 is 10.1 Å². The van der Waals surface area contributed by atoms with E-state index < -0.39 is 0 Å². The van der Waals surface area contributed by atoms with E-state index in [2.05, 4.69) is 39.9 Å². The molecule has 1 unspecified atom stereocenters. The molecular weight excluding hydrogens is 234 g/mol. The smallest absolute Gasteiger partial charge is 0.119 e. The van der Waals surface area contributed by atoms with Gasteiger partial charge in [-0.15, -0.1) is 0 Å². The maximum atomic E-state index is 5.83. The fraction of sp³-hybridized carbons (Fsp3) is 0.647. The Hall–Kier alpha value is -1.02. The second-order valence-corrected chi connectivity index (χ2v) is 6.26. The van der Waals surface area contributed by atoms with Crippen LogP contribution in [0.4, 0.5) is 0 Å². The number of rotatable bonds is 8. The summed E-state index contributed by atoms with van der Waals surface area (Å²) < 4.78 is 5.83. The van der Waals surface area contributed by atoms with Crippen molar-refractivity contribution in [1.82, 2.24) is 5.32 Å². The minimum absolute atomic E-state index is 0.277. The van der Waals surface area contributed by atoms with Crippen LogP contribution in [0.15, 0.2) is 30.3 Å². The highest BCUT2D eigenvalue weighted by Crippen LogP contribution is 2.30. The molecule has 0 bridgehead atoms. The summed E-state index contributed by atoms with van der Waals surface area (Å²) in [7, 11) is 0. The first-order valence-corrected chi connectivity index (χ1v) is 7.35. The van der Waals surface area contributed by atoms with Crippen LogP contribution in [0.25, 0.3) is 0 Å². The molecule has 0 amide bonds. The van der Waals surface area contributed by atoms with Crippen LogP contribution in [0.2, 0.25) is 0 Å². The second kappa shape index (κ2) is 7.54. The van der Waals surface area contributed by atoms with Crippen molar-refractivity contribution in [3.8, 4) is 5.75 Å². The topological polar surface area (TPSA) is 21.3 Å². The summed E-state index contributed by atoms with van der Waals surface area (Å²) >= 11 is 0. The fourth-order valence-electron chi connectivity index (χ4n) is 1.94. The van der Waals surface area contributed by atoms with Crippen molar-refractivity contribution in [1.29, 1.82) is 0 Å². The van der Waals surface area contributed by atoms with Gasteiger partial charge in [0.05, 0.1) is 6.61 Å². The molecule has 108 valence electrons. The summed E-state index contributed by atoms with van der Waals surface area (Å²) in [6.45, 7) is 13.2. The van der Waals surface area contributed by atoms with Crippen molar-refractivity contribution in [2.24, 2.45) is 11.3 Å². The van der Waals surface area contributed by atoms with E-state index in [9.17, 15) is 0 Å². The van der Waals surface area contributed by atoms with Crippen LogP contribution in [0, 0.1) is 11.3 Å². The molecule has 0 saturated heterocycles. The first-order chi connectivity index (χ1) is 8.94. The molecule has 1 aromatic rings. The van der Waals surface area contributed by atoms with E-state index in [0.29, 0.717) is 12.0 Å². The summed E-state index contributed by atoms with van der Waals surface area (Å²) in [4.78, 5) is 0. The Morgan fingerprint density at radius 2 is 1.74 bits per heavy atom. The standard InChI is InChI=1S/C17H29NO/c1-14(2)17(5,13-18-15(3)4)11-12-19-16-9-7-6-8-10-16/h6-10,14-15,18H,11-13H2,1-5H3. The zero-order valence-electron chi connectivity index (χ0n) is 13.1. The Labute approximate surface area is 118 Å². The molecule has 1 N–H and O–H groups in total. The van der Waals surface area contributed by atoms with Gasteiger partial charge in [-0.1, -0.05) is 52.8 Å². The van der Waals surface area contributed by atoms with Crippen molar-refractivity contribution in [3.05, 3.63) is 30.3 Å². The number of nitrogens with one attached hydrogen (secondary N) is 1. The molecular formula is C17H29NO. The van der Waals surface area contributed by atoms with E-state index in [1.807, 2.05) is 30.3 Å². The summed E-state index contributed by atoms with van der Waals surface area (Å²) in [5.74, 6) is 1.60. The van der Waals surface area contributed by atoms with Gasteiger partial charge in [-0.3, -0.25) is 0 Å². The summed E-state index contributed by atoms with van der Waals surface area (Å²) in [6.07, 6.45) is 1.07. The van der Waals surface area contributed by atoms with Crippen molar-refractivity contribution >= 4 is 0 Å². The van der Waals surface area contributed by atoms with Crippen molar-refractivity contribution in [2.45, 2.75) is 47.1 Å². The van der Waals surface area contributed by atoms with E-state index in [1.54, 1.807) is 0 Å².